The molecule has 6 nitrogen and oxygen atoms in total. The van der Waals surface area contributed by atoms with Crippen LogP contribution in [0.2, 0.25) is 0 Å². The second kappa shape index (κ2) is 6.86. The molecule has 0 radical (unpaired) electrons. The van der Waals surface area contributed by atoms with Gasteiger partial charge in [0.2, 0.25) is 5.91 Å². The molecule has 4 N–H and O–H groups in total. The van der Waals surface area contributed by atoms with Crippen LogP contribution in [0.15, 0.2) is 52.3 Å². The minimum Gasteiger partial charge on any atom is -0.593 e. The SMILES string of the molecule is CC1Sc2ccc(C(=O)Nc3ccc([S+](N)[O-])cc3)cc2NC1=O. The van der Waals surface area contributed by atoms with E-state index < -0.39 is 11.4 Å². The standard InChI is InChI=1S/C16H15N3O3S2/c1-9-15(20)19-13-8-10(2-7-14(13)23-9)16(21)18-11-3-5-12(6-4-11)24(17)22/h2-9H,17H2,1H3,(H,18,21)(H,19,20). The van der Waals surface area contributed by atoms with Crippen molar-refractivity contribution in [1.82, 2.24) is 0 Å². The zero-order valence-corrected chi connectivity index (χ0v) is 14.4. The highest BCUT2D eigenvalue weighted by molar-refractivity contribution is 8.01. The van der Waals surface area contributed by atoms with Crippen LogP contribution in [0.5, 0.6) is 0 Å². The van der Waals surface area contributed by atoms with Gasteiger partial charge in [-0.3, -0.25) is 9.59 Å². The Morgan fingerprint density at radius 1 is 1.29 bits per heavy atom. The molecule has 1 heterocycles. The van der Waals surface area contributed by atoms with Gasteiger partial charge in [-0.15, -0.1) is 16.9 Å². The number of carbonyl (C=O) groups excluding carboxylic acids is 2. The Balaban J connectivity index is 1.76. The lowest BCUT2D eigenvalue weighted by Crippen LogP contribution is -2.26. The summed E-state index contributed by atoms with van der Waals surface area (Å²) in [6.07, 6.45) is 0. The van der Waals surface area contributed by atoms with Gasteiger partial charge < -0.3 is 15.2 Å². The van der Waals surface area contributed by atoms with Crippen LogP contribution >= 0.6 is 11.8 Å². The molecule has 0 fully saturated rings. The first-order chi connectivity index (χ1) is 11.4. The Morgan fingerprint density at radius 3 is 2.67 bits per heavy atom. The molecule has 8 heteroatoms. The van der Waals surface area contributed by atoms with Gasteiger partial charge in [0, 0.05) is 16.1 Å². The van der Waals surface area contributed by atoms with E-state index >= 15 is 0 Å². The van der Waals surface area contributed by atoms with Crippen LogP contribution in [0, 0.1) is 0 Å². The predicted molar refractivity (Wildman–Crippen MR) is 95.4 cm³/mol. The van der Waals surface area contributed by atoms with Crippen LogP contribution in [0.25, 0.3) is 0 Å². The molecule has 2 unspecified atom stereocenters. The van der Waals surface area contributed by atoms with Gasteiger partial charge in [0.05, 0.1) is 22.3 Å². The first-order valence-corrected chi connectivity index (χ1v) is 9.22. The van der Waals surface area contributed by atoms with E-state index in [0.717, 1.165) is 4.90 Å². The zero-order valence-electron chi connectivity index (χ0n) is 12.7. The summed E-state index contributed by atoms with van der Waals surface area (Å²) in [5.41, 5.74) is 1.65. The van der Waals surface area contributed by atoms with E-state index in [1.54, 1.807) is 36.4 Å². The summed E-state index contributed by atoms with van der Waals surface area (Å²) < 4.78 is 11.2. The van der Waals surface area contributed by atoms with E-state index in [2.05, 4.69) is 10.6 Å². The average molecular weight is 361 g/mol. The van der Waals surface area contributed by atoms with Crippen LogP contribution in [0.1, 0.15) is 17.3 Å². The second-order valence-corrected chi connectivity index (χ2v) is 7.69. The topological polar surface area (TPSA) is 107 Å². The van der Waals surface area contributed by atoms with Crippen molar-refractivity contribution in [2.24, 2.45) is 5.14 Å². The lowest BCUT2D eigenvalue weighted by molar-refractivity contribution is -0.115. The molecule has 0 aromatic heterocycles. The number of carbonyl (C=O) groups is 2. The minimum absolute atomic E-state index is 0.0737. The van der Waals surface area contributed by atoms with Crippen LogP contribution < -0.4 is 15.8 Å². The highest BCUT2D eigenvalue weighted by Crippen LogP contribution is 2.36. The number of amides is 2. The van der Waals surface area contributed by atoms with Gasteiger partial charge in [0.1, 0.15) is 0 Å². The van der Waals surface area contributed by atoms with E-state index in [9.17, 15) is 14.1 Å². The summed E-state index contributed by atoms with van der Waals surface area (Å²) in [6.45, 7) is 1.83. The minimum atomic E-state index is -1.55. The molecule has 0 saturated heterocycles. The molecule has 24 heavy (non-hydrogen) atoms. The molecule has 1 aliphatic heterocycles. The third-order valence-electron chi connectivity index (χ3n) is 3.52. The van der Waals surface area contributed by atoms with Crippen molar-refractivity contribution in [1.29, 1.82) is 0 Å². The Morgan fingerprint density at radius 2 is 2.00 bits per heavy atom. The number of hydrogen-bond donors (Lipinski definition) is 3. The predicted octanol–water partition coefficient (Wildman–Crippen LogP) is 2.35. The molecule has 0 saturated carbocycles. The number of thioether (sulfide) groups is 1. The molecule has 2 aromatic rings. The fraction of sp³-hybridized carbons (Fsp3) is 0.125. The zero-order chi connectivity index (χ0) is 17.3. The smallest absolute Gasteiger partial charge is 0.255 e. The van der Waals surface area contributed by atoms with Crippen molar-refractivity contribution < 1.29 is 14.1 Å². The molecule has 124 valence electrons. The summed E-state index contributed by atoms with van der Waals surface area (Å²) in [5, 5.41) is 10.7. The summed E-state index contributed by atoms with van der Waals surface area (Å²) in [5.74, 6) is -0.368. The van der Waals surface area contributed by atoms with Gasteiger partial charge >= 0.3 is 0 Å². The van der Waals surface area contributed by atoms with Gasteiger partial charge in [-0.05, 0) is 49.4 Å². The van der Waals surface area contributed by atoms with Gasteiger partial charge in [-0.25, -0.2) is 0 Å². The van der Waals surface area contributed by atoms with Crippen LogP contribution in [-0.4, -0.2) is 21.6 Å². The van der Waals surface area contributed by atoms with E-state index in [0.29, 0.717) is 21.8 Å². The quantitative estimate of drug-likeness (QED) is 0.728. The molecule has 1 aliphatic rings. The van der Waals surface area contributed by atoms with Crippen LogP contribution in [-0.2, 0) is 16.2 Å². The number of rotatable bonds is 3. The fourth-order valence-electron chi connectivity index (χ4n) is 2.23. The maximum atomic E-state index is 12.3. The summed E-state index contributed by atoms with van der Waals surface area (Å²) in [6, 6.07) is 11.7. The Bertz CT molecular complexity index is 794. The second-order valence-electron chi connectivity index (χ2n) is 5.24. The monoisotopic (exact) mass is 361 g/mol. The molecule has 2 atom stereocenters. The molecule has 0 spiro atoms. The normalized spacial score (nSPS) is 17.6. The molecular weight excluding hydrogens is 346 g/mol. The maximum absolute atomic E-state index is 12.3. The van der Waals surface area contributed by atoms with E-state index in [-0.39, 0.29) is 17.1 Å². The Kier molecular flexibility index (Phi) is 4.81. The van der Waals surface area contributed by atoms with Crippen molar-refractivity contribution in [3.05, 3.63) is 48.0 Å². The molecule has 0 bridgehead atoms. The van der Waals surface area contributed by atoms with E-state index in [4.69, 9.17) is 5.14 Å². The lowest BCUT2D eigenvalue weighted by atomic mass is 10.1. The fourth-order valence-corrected chi connectivity index (χ4v) is 3.56. The molecule has 0 aliphatic carbocycles. The number of anilines is 2. The van der Waals surface area contributed by atoms with E-state index in [1.807, 2.05) is 13.0 Å². The Hall–Kier alpha value is -2.00. The first kappa shape index (κ1) is 16.8. The van der Waals surface area contributed by atoms with Crippen molar-refractivity contribution in [3.8, 4) is 0 Å². The maximum Gasteiger partial charge on any atom is 0.255 e. The van der Waals surface area contributed by atoms with Crippen molar-refractivity contribution >= 4 is 46.3 Å². The summed E-state index contributed by atoms with van der Waals surface area (Å²) >= 11 is -0.0850. The van der Waals surface area contributed by atoms with Crippen molar-refractivity contribution in [2.45, 2.75) is 22.0 Å². The largest absolute Gasteiger partial charge is 0.593 e. The number of nitrogens with two attached hydrogens (primary N) is 1. The van der Waals surface area contributed by atoms with Crippen molar-refractivity contribution in [2.75, 3.05) is 10.6 Å². The number of hydrogen-bond acceptors (Lipinski definition) is 5. The van der Waals surface area contributed by atoms with Crippen LogP contribution in [0.3, 0.4) is 0 Å². The highest BCUT2D eigenvalue weighted by atomic mass is 32.2. The Labute approximate surface area is 146 Å². The van der Waals surface area contributed by atoms with Gasteiger partial charge in [0.25, 0.3) is 5.91 Å². The van der Waals surface area contributed by atoms with Gasteiger partial charge in [-0.2, -0.15) is 0 Å². The molecule has 2 amide bonds. The third-order valence-corrected chi connectivity index (χ3v) is 5.43. The third kappa shape index (κ3) is 3.57. The number of nitrogens with one attached hydrogen (secondary N) is 2. The van der Waals surface area contributed by atoms with Crippen LogP contribution in [0.4, 0.5) is 11.4 Å². The molecule has 3 rings (SSSR count). The molecular formula is C16H15N3O3S2. The van der Waals surface area contributed by atoms with Crippen molar-refractivity contribution in [3.63, 3.8) is 0 Å². The highest BCUT2D eigenvalue weighted by Gasteiger charge is 2.23. The number of benzene rings is 2. The number of fused-ring (bicyclic) bond motifs is 1. The van der Waals surface area contributed by atoms with Gasteiger partial charge in [0.15, 0.2) is 4.90 Å². The van der Waals surface area contributed by atoms with E-state index in [1.165, 1.54) is 11.8 Å². The summed E-state index contributed by atoms with van der Waals surface area (Å²) in [4.78, 5) is 25.5. The first-order valence-electron chi connectivity index (χ1n) is 7.13. The average Bonchev–Trinajstić information content (AvgIpc) is 2.56. The molecule has 2 aromatic carbocycles. The lowest BCUT2D eigenvalue weighted by Gasteiger charge is -2.21. The van der Waals surface area contributed by atoms with Gasteiger partial charge in [-0.1, -0.05) is 0 Å². The summed E-state index contributed by atoms with van der Waals surface area (Å²) in [7, 11) is 0.